The summed E-state index contributed by atoms with van der Waals surface area (Å²) in [6, 6.07) is 0. The van der Waals surface area contributed by atoms with E-state index in [0.29, 0.717) is 19.3 Å². The highest BCUT2D eigenvalue weighted by molar-refractivity contribution is 7.47. The van der Waals surface area contributed by atoms with Gasteiger partial charge in [0.25, 0.3) is 0 Å². The molecular formula is C56H91O11P. The number of aliphatic hydroxyl groups excluding tert-OH is 1. The van der Waals surface area contributed by atoms with Crippen LogP contribution in [0.25, 0.3) is 0 Å². The van der Waals surface area contributed by atoms with Gasteiger partial charge >= 0.3 is 25.7 Å². The molecule has 0 saturated heterocycles. The van der Waals surface area contributed by atoms with Crippen LogP contribution in [0.15, 0.2) is 109 Å². The highest BCUT2D eigenvalue weighted by Crippen LogP contribution is 2.43. The predicted octanol–water partition coefficient (Wildman–Crippen LogP) is 14.7. The molecule has 386 valence electrons. The van der Waals surface area contributed by atoms with Gasteiger partial charge in [-0.3, -0.25) is 23.4 Å². The highest BCUT2D eigenvalue weighted by atomic mass is 31.2. The largest absolute Gasteiger partial charge is 0.472 e. The first-order valence-electron chi connectivity index (χ1n) is 25.8. The lowest BCUT2D eigenvalue weighted by Gasteiger charge is -2.21. The van der Waals surface area contributed by atoms with Crippen LogP contribution in [-0.2, 0) is 42.2 Å². The van der Waals surface area contributed by atoms with Crippen LogP contribution in [0, 0.1) is 0 Å². The summed E-state index contributed by atoms with van der Waals surface area (Å²) in [6.07, 6.45) is 58.1. The number of aliphatic hydroxyl groups is 1. The number of ether oxygens (including phenoxy) is 3. The van der Waals surface area contributed by atoms with Crippen LogP contribution in [0.1, 0.15) is 188 Å². The summed E-state index contributed by atoms with van der Waals surface area (Å²) >= 11 is 0. The number of hydrogen-bond donors (Lipinski definition) is 2. The SMILES string of the molecule is CC/C=C\C/C=C\C/C=C\C/C=C\CCC(=O)OCC(COP(=O)(O)OCC(CO)OC(=O)CC/C=C\C/C=C\C/C=C\C/C=C\CC)OC(=O)CCCCCCC/C=C\CCCCCCCC. The van der Waals surface area contributed by atoms with Crippen molar-refractivity contribution in [3.63, 3.8) is 0 Å². The number of phosphoric ester groups is 1. The number of phosphoric acid groups is 1. The van der Waals surface area contributed by atoms with Crippen molar-refractivity contribution in [1.82, 2.24) is 0 Å². The molecule has 3 atom stereocenters. The number of esters is 3. The zero-order chi connectivity index (χ0) is 49.9. The molecule has 0 aromatic rings. The standard InChI is InChI=1S/C56H91O11P/c1-4-7-10-13-16-19-22-25-26-29-32-35-38-41-44-47-56(60)67-53(49-63-54(58)45-42-39-36-33-30-27-23-20-17-14-11-8-5-2)51-65-68(61,62)64-50-52(48-57)66-55(59)46-43-40-37-34-31-28-24-21-18-15-12-9-6-3/h8-9,11-12,17-18,20-21,25-28,30-31,36-37,39-40,52-53,57H,4-7,10,13-16,19,22-24,29,32-35,38,41-51H2,1-3H3,(H,61,62)/b11-8-,12-9-,20-17-,21-18-,26-25-,30-27-,31-28-,39-36-,40-37-. The Hall–Kier alpha value is -3.86. The van der Waals surface area contributed by atoms with Gasteiger partial charge in [0, 0.05) is 19.3 Å². The van der Waals surface area contributed by atoms with E-state index in [1.165, 1.54) is 38.5 Å². The lowest BCUT2D eigenvalue weighted by molar-refractivity contribution is -0.161. The van der Waals surface area contributed by atoms with Crippen molar-refractivity contribution >= 4 is 25.7 Å². The smallest absolute Gasteiger partial charge is 0.462 e. The molecule has 68 heavy (non-hydrogen) atoms. The molecule has 12 heteroatoms. The molecule has 0 aliphatic rings. The van der Waals surface area contributed by atoms with Crippen LogP contribution in [0.4, 0.5) is 0 Å². The molecule has 0 rings (SSSR count). The Bertz CT molecular complexity index is 1550. The quantitative estimate of drug-likeness (QED) is 0.0197. The summed E-state index contributed by atoms with van der Waals surface area (Å²) in [5, 5.41) is 9.75. The van der Waals surface area contributed by atoms with Crippen molar-refractivity contribution < 1.29 is 52.2 Å². The van der Waals surface area contributed by atoms with E-state index >= 15 is 0 Å². The lowest BCUT2D eigenvalue weighted by atomic mass is 10.1. The monoisotopic (exact) mass is 971 g/mol. The van der Waals surface area contributed by atoms with Gasteiger partial charge in [0.2, 0.25) is 0 Å². The second-order valence-corrected chi connectivity index (χ2v) is 18.0. The minimum absolute atomic E-state index is 0.0459. The van der Waals surface area contributed by atoms with Crippen molar-refractivity contribution in [3.8, 4) is 0 Å². The normalized spacial score (nSPS) is 14.4. The van der Waals surface area contributed by atoms with Crippen LogP contribution in [0.5, 0.6) is 0 Å². The second kappa shape index (κ2) is 49.6. The average Bonchev–Trinajstić information content (AvgIpc) is 3.32. The van der Waals surface area contributed by atoms with Crippen LogP contribution in [0.3, 0.4) is 0 Å². The zero-order valence-electron chi connectivity index (χ0n) is 42.3. The van der Waals surface area contributed by atoms with Gasteiger partial charge in [0.05, 0.1) is 19.8 Å². The fourth-order valence-electron chi connectivity index (χ4n) is 6.32. The lowest BCUT2D eigenvalue weighted by Crippen LogP contribution is -2.30. The molecule has 11 nitrogen and oxygen atoms in total. The van der Waals surface area contributed by atoms with Gasteiger partial charge in [0.1, 0.15) is 12.7 Å². The maximum absolute atomic E-state index is 12.8. The number of unbranched alkanes of at least 4 members (excludes halogenated alkanes) is 11. The topological polar surface area (TPSA) is 155 Å². The highest BCUT2D eigenvalue weighted by Gasteiger charge is 2.28. The molecule has 0 aliphatic carbocycles. The van der Waals surface area contributed by atoms with Crippen LogP contribution in [-0.4, -0.2) is 66.5 Å². The summed E-state index contributed by atoms with van der Waals surface area (Å²) in [5.74, 6) is -1.67. The van der Waals surface area contributed by atoms with Gasteiger partial charge in [0.15, 0.2) is 6.10 Å². The molecule has 0 aromatic heterocycles. The van der Waals surface area contributed by atoms with E-state index in [-0.39, 0.29) is 25.9 Å². The van der Waals surface area contributed by atoms with E-state index in [9.17, 15) is 28.9 Å². The van der Waals surface area contributed by atoms with E-state index in [0.717, 1.165) is 89.9 Å². The minimum atomic E-state index is -4.78. The molecular weight excluding hydrogens is 880 g/mol. The van der Waals surface area contributed by atoms with E-state index in [1.807, 2.05) is 30.4 Å². The third-order valence-corrected chi connectivity index (χ3v) is 11.1. The molecule has 0 spiro atoms. The van der Waals surface area contributed by atoms with Gasteiger partial charge in [-0.05, 0) is 96.3 Å². The summed E-state index contributed by atoms with van der Waals surface area (Å²) < 4.78 is 39.2. The zero-order valence-corrected chi connectivity index (χ0v) is 43.2. The fourth-order valence-corrected chi connectivity index (χ4v) is 7.10. The number of carbonyl (C=O) groups is 3. The van der Waals surface area contributed by atoms with Crippen molar-refractivity contribution in [2.24, 2.45) is 0 Å². The summed E-state index contributed by atoms with van der Waals surface area (Å²) in [6.45, 7) is 4.20. The van der Waals surface area contributed by atoms with E-state index in [1.54, 1.807) is 0 Å². The van der Waals surface area contributed by atoms with E-state index in [2.05, 4.69) is 99.8 Å². The molecule has 3 unspecified atom stereocenters. The third kappa shape index (κ3) is 47.2. The Balaban J connectivity index is 4.91. The Morgan fingerprint density at radius 1 is 0.426 bits per heavy atom. The minimum Gasteiger partial charge on any atom is -0.462 e. The molecule has 0 heterocycles. The molecule has 0 aliphatic heterocycles. The van der Waals surface area contributed by atoms with Crippen molar-refractivity contribution in [2.75, 3.05) is 26.4 Å². The first-order chi connectivity index (χ1) is 33.2. The van der Waals surface area contributed by atoms with Gasteiger partial charge in [-0.15, -0.1) is 0 Å². The van der Waals surface area contributed by atoms with E-state index in [4.69, 9.17) is 23.3 Å². The molecule has 0 amide bonds. The number of allylic oxidation sites excluding steroid dienone is 18. The Morgan fingerprint density at radius 2 is 0.794 bits per heavy atom. The summed E-state index contributed by atoms with van der Waals surface area (Å²) in [4.78, 5) is 48.2. The van der Waals surface area contributed by atoms with Crippen LogP contribution < -0.4 is 0 Å². The molecule has 0 radical (unpaired) electrons. The van der Waals surface area contributed by atoms with Gasteiger partial charge in [-0.2, -0.15) is 0 Å². The Kier molecular flexibility index (Phi) is 46.7. The third-order valence-electron chi connectivity index (χ3n) is 10.2. The maximum atomic E-state index is 12.8. The number of hydrogen-bond acceptors (Lipinski definition) is 10. The van der Waals surface area contributed by atoms with Crippen LogP contribution in [0.2, 0.25) is 0 Å². The molecule has 0 bridgehead atoms. The second-order valence-electron chi connectivity index (χ2n) is 16.6. The summed E-state index contributed by atoms with van der Waals surface area (Å²) in [5.41, 5.74) is 0. The molecule has 0 aromatic carbocycles. The predicted molar refractivity (Wildman–Crippen MR) is 279 cm³/mol. The Morgan fingerprint density at radius 3 is 1.26 bits per heavy atom. The van der Waals surface area contributed by atoms with Gasteiger partial charge < -0.3 is 24.2 Å². The summed E-state index contributed by atoms with van der Waals surface area (Å²) in [7, 11) is -4.78. The number of rotatable bonds is 46. The average molecular weight is 971 g/mol. The van der Waals surface area contributed by atoms with Crippen molar-refractivity contribution in [2.45, 2.75) is 200 Å². The maximum Gasteiger partial charge on any atom is 0.472 e. The van der Waals surface area contributed by atoms with Crippen LogP contribution >= 0.6 is 7.82 Å². The van der Waals surface area contributed by atoms with Crippen molar-refractivity contribution in [1.29, 1.82) is 0 Å². The fraction of sp³-hybridized carbons (Fsp3) is 0.625. The molecule has 0 saturated carbocycles. The number of carbonyl (C=O) groups excluding carboxylic acids is 3. The van der Waals surface area contributed by atoms with Crippen molar-refractivity contribution in [3.05, 3.63) is 109 Å². The first-order valence-corrected chi connectivity index (χ1v) is 27.3. The first kappa shape index (κ1) is 64.1. The van der Waals surface area contributed by atoms with Gasteiger partial charge in [-0.25, -0.2) is 4.57 Å². The Labute approximate surface area is 412 Å². The molecule has 2 N–H and O–H groups in total. The van der Waals surface area contributed by atoms with Gasteiger partial charge in [-0.1, -0.05) is 182 Å². The molecule has 0 fully saturated rings. The van der Waals surface area contributed by atoms with E-state index < -0.39 is 57.8 Å².